The van der Waals surface area contributed by atoms with Crippen molar-refractivity contribution >= 4 is 23.3 Å². The van der Waals surface area contributed by atoms with Crippen LogP contribution < -0.4 is 5.32 Å². The average Bonchev–Trinajstić information content (AvgIpc) is 2.82. The van der Waals surface area contributed by atoms with Gasteiger partial charge < -0.3 is 10.1 Å². The van der Waals surface area contributed by atoms with E-state index in [4.69, 9.17) is 4.74 Å². The second kappa shape index (κ2) is 10.5. The second-order valence-corrected chi connectivity index (χ2v) is 7.52. The summed E-state index contributed by atoms with van der Waals surface area (Å²) in [5.41, 5.74) is 4.72. The summed E-state index contributed by atoms with van der Waals surface area (Å²) in [4.78, 5) is 38.1. The van der Waals surface area contributed by atoms with Gasteiger partial charge in [0.1, 0.15) is 0 Å². The molecule has 3 aromatic rings. The summed E-state index contributed by atoms with van der Waals surface area (Å²) in [5.74, 6) is -1.40. The molecule has 5 nitrogen and oxygen atoms in total. The SMILES string of the molecule is CCc1cccc(CC)c1NC(=O)COC(=O)c1ccccc1C(=O)c1ccc(C)cc1. The zero-order valence-corrected chi connectivity index (χ0v) is 18.6. The lowest BCUT2D eigenvalue weighted by atomic mass is 9.98. The van der Waals surface area contributed by atoms with E-state index in [1.54, 1.807) is 30.3 Å². The number of carbonyl (C=O) groups is 3. The van der Waals surface area contributed by atoms with Gasteiger partial charge >= 0.3 is 5.97 Å². The molecule has 1 amide bonds. The first kappa shape index (κ1) is 22.9. The Kier molecular flexibility index (Phi) is 7.55. The highest BCUT2D eigenvalue weighted by molar-refractivity contribution is 6.14. The van der Waals surface area contributed by atoms with E-state index in [1.165, 1.54) is 6.07 Å². The van der Waals surface area contributed by atoms with Crippen LogP contribution in [0.15, 0.2) is 66.7 Å². The fraction of sp³-hybridized carbons (Fsp3) is 0.222. The molecule has 0 aromatic heterocycles. The fourth-order valence-electron chi connectivity index (χ4n) is 3.51. The van der Waals surface area contributed by atoms with E-state index in [2.05, 4.69) is 5.32 Å². The summed E-state index contributed by atoms with van der Waals surface area (Å²) >= 11 is 0. The van der Waals surface area contributed by atoms with Crippen LogP contribution in [0.25, 0.3) is 0 Å². The number of rotatable bonds is 8. The highest BCUT2D eigenvalue weighted by Gasteiger charge is 2.20. The highest BCUT2D eigenvalue weighted by atomic mass is 16.5. The van der Waals surface area contributed by atoms with Gasteiger partial charge in [-0.1, -0.05) is 80.1 Å². The molecular formula is C27H27NO4. The molecule has 32 heavy (non-hydrogen) atoms. The summed E-state index contributed by atoms with van der Waals surface area (Å²) < 4.78 is 5.25. The van der Waals surface area contributed by atoms with Crippen molar-refractivity contribution in [2.24, 2.45) is 0 Å². The smallest absolute Gasteiger partial charge is 0.339 e. The van der Waals surface area contributed by atoms with Crippen molar-refractivity contribution in [3.8, 4) is 0 Å². The number of esters is 1. The molecule has 3 aromatic carbocycles. The maximum Gasteiger partial charge on any atom is 0.339 e. The molecule has 0 aliphatic carbocycles. The van der Waals surface area contributed by atoms with Gasteiger partial charge in [0, 0.05) is 16.8 Å². The second-order valence-electron chi connectivity index (χ2n) is 7.52. The zero-order valence-electron chi connectivity index (χ0n) is 18.6. The van der Waals surface area contributed by atoms with Crippen molar-refractivity contribution in [2.45, 2.75) is 33.6 Å². The third kappa shape index (κ3) is 5.30. The largest absolute Gasteiger partial charge is 0.452 e. The number of hydrogen-bond acceptors (Lipinski definition) is 4. The monoisotopic (exact) mass is 429 g/mol. The topological polar surface area (TPSA) is 72.5 Å². The number of aryl methyl sites for hydroxylation is 3. The van der Waals surface area contributed by atoms with Gasteiger partial charge in [0.15, 0.2) is 12.4 Å². The van der Waals surface area contributed by atoms with E-state index >= 15 is 0 Å². The molecule has 0 saturated heterocycles. The van der Waals surface area contributed by atoms with E-state index in [0.29, 0.717) is 5.56 Å². The molecule has 0 heterocycles. The molecule has 0 spiro atoms. The first-order valence-electron chi connectivity index (χ1n) is 10.7. The molecule has 3 rings (SSSR count). The standard InChI is InChI=1S/C27H27NO4/c1-4-19-9-8-10-20(5-2)25(19)28-24(29)17-32-27(31)23-12-7-6-11-22(23)26(30)21-15-13-18(3)14-16-21/h6-16H,4-5,17H2,1-3H3,(H,28,29). The number of ether oxygens (including phenoxy) is 1. The Balaban J connectivity index is 1.72. The Labute approximate surface area is 188 Å². The third-order valence-corrected chi connectivity index (χ3v) is 5.30. The van der Waals surface area contributed by atoms with Gasteiger partial charge in [-0.05, 0) is 37.0 Å². The number of para-hydroxylation sites is 1. The Hall–Kier alpha value is -3.73. The van der Waals surface area contributed by atoms with Gasteiger partial charge in [0.25, 0.3) is 5.91 Å². The Bertz CT molecular complexity index is 1110. The van der Waals surface area contributed by atoms with Crippen LogP contribution in [0.5, 0.6) is 0 Å². The van der Waals surface area contributed by atoms with E-state index in [-0.39, 0.29) is 16.9 Å². The zero-order chi connectivity index (χ0) is 23.1. The quantitative estimate of drug-likeness (QED) is 0.397. The van der Waals surface area contributed by atoms with Gasteiger partial charge in [-0.15, -0.1) is 0 Å². The Morgan fingerprint density at radius 2 is 1.38 bits per heavy atom. The molecule has 0 radical (unpaired) electrons. The van der Waals surface area contributed by atoms with Gasteiger partial charge in [0.2, 0.25) is 0 Å². The third-order valence-electron chi connectivity index (χ3n) is 5.30. The number of amides is 1. The van der Waals surface area contributed by atoms with Gasteiger partial charge in [0.05, 0.1) is 5.56 Å². The minimum Gasteiger partial charge on any atom is -0.452 e. The summed E-state index contributed by atoms with van der Waals surface area (Å²) in [6.45, 7) is 5.54. The van der Waals surface area contributed by atoms with Crippen LogP contribution in [0.1, 0.15) is 56.8 Å². The van der Waals surface area contributed by atoms with Crippen LogP contribution in [0.3, 0.4) is 0 Å². The number of anilines is 1. The van der Waals surface area contributed by atoms with Crippen LogP contribution in [-0.2, 0) is 22.4 Å². The predicted octanol–water partition coefficient (Wildman–Crippen LogP) is 5.15. The van der Waals surface area contributed by atoms with E-state index in [9.17, 15) is 14.4 Å². The minimum absolute atomic E-state index is 0.133. The van der Waals surface area contributed by atoms with Crippen molar-refractivity contribution in [1.29, 1.82) is 0 Å². The van der Waals surface area contributed by atoms with Crippen molar-refractivity contribution in [3.63, 3.8) is 0 Å². The molecule has 0 aliphatic heterocycles. The van der Waals surface area contributed by atoms with E-state index in [1.807, 2.05) is 51.1 Å². The number of nitrogens with one attached hydrogen (secondary N) is 1. The normalized spacial score (nSPS) is 10.5. The molecule has 1 N–H and O–H groups in total. The summed E-state index contributed by atoms with van der Waals surface area (Å²) in [6, 6.07) is 19.5. The lowest BCUT2D eigenvalue weighted by molar-refractivity contribution is -0.119. The van der Waals surface area contributed by atoms with E-state index in [0.717, 1.165) is 35.2 Å². The average molecular weight is 430 g/mol. The first-order chi connectivity index (χ1) is 15.4. The van der Waals surface area contributed by atoms with Crippen molar-refractivity contribution in [1.82, 2.24) is 0 Å². The van der Waals surface area contributed by atoms with Crippen molar-refractivity contribution < 1.29 is 19.1 Å². The Morgan fingerprint density at radius 3 is 1.97 bits per heavy atom. The van der Waals surface area contributed by atoms with Gasteiger partial charge in [-0.25, -0.2) is 4.79 Å². The first-order valence-corrected chi connectivity index (χ1v) is 10.7. The van der Waals surface area contributed by atoms with Crippen molar-refractivity contribution in [2.75, 3.05) is 11.9 Å². The summed E-state index contributed by atoms with van der Waals surface area (Å²) in [6.07, 6.45) is 1.55. The molecule has 0 bridgehead atoms. The van der Waals surface area contributed by atoms with Crippen molar-refractivity contribution in [3.05, 3.63) is 100 Å². The predicted molar refractivity (Wildman–Crippen MR) is 125 cm³/mol. The summed E-state index contributed by atoms with van der Waals surface area (Å²) in [7, 11) is 0. The molecule has 0 aliphatic rings. The maximum absolute atomic E-state index is 12.9. The Morgan fingerprint density at radius 1 is 0.781 bits per heavy atom. The van der Waals surface area contributed by atoms with Gasteiger partial charge in [-0.3, -0.25) is 9.59 Å². The van der Waals surface area contributed by atoms with Crippen LogP contribution >= 0.6 is 0 Å². The lowest BCUT2D eigenvalue weighted by Crippen LogP contribution is -2.23. The molecule has 0 unspecified atom stereocenters. The fourth-order valence-corrected chi connectivity index (χ4v) is 3.51. The van der Waals surface area contributed by atoms with Crippen LogP contribution in [-0.4, -0.2) is 24.3 Å². The molecule has 0 atom stereocenters. The minimum atomic E-state index is -0.712. The molecule has 164 valence electrons. The molecular weight excluding hydrogens is 402 g/mol. The molecule has 0 saturated carbocycles. The number of benzene rings is 3. The summed E-state index contributed by atoms with van der Waals surface area (Å²) in [5, 5.41) is 2.87. The van der Waals surface area contributed by atoms with Crippen LogP contribution in [0.2, 0.25) is 0 Å². The molecule has 0 fully saturated rings. The number of carbonyl (C=O) groups excluding carboxylic acids is 3. The highest BCUT2D eigenvalue weighted by Crippen LogP contribution is 2.22. The van der Waals surface area contributed by atoms with E-state index < -0.39 is 18.5 Å². The van der Waals surface area contributed by atoms with Crippen LogP contribution in [0, 0.1) is 6.92 Å². The van der Waals surface area contributed by atoms with Gasteiger partial charge in [-0.2, -0.15) is 0 Å². The maximum atomic E-state index is 12.9. The number of hydrogen-bond donors (Lipinski definition) is 1. The molecule has 5 heteroatoms. The van der Waals surface area contributed by atoms with Crippen LogP contribution in [0.4, 0.5) is 5.69 Å². The lowest BCUT2D eigenvalue weighted by Gasteiger charge is -2.14. The number of ketones is 1.